The molecule has 5 fully saturated rings. The summed E-state index contributed by atoms with van der Waals surface area (Å²) in [5.41, 5.74) is 0.812. The fraction of sp³-hybridized carbons (Fsp3) is 0.680. The van der Waals surface area contributed by atoms with Crippen molar-refractivity contribution in [1.82, 2.24) is 10.6 Å². The van der Waals surface area contributed by atoms with Gasteiger partial charge in [0.1, 0.15) is 5.75 Å². The predicted octanol–water partition coefficient (Wildman–Crippen LogP) is 3.77. The Morgan fingerprint density at radius 1 is 1.16 bits per heavy atom. The van der Waals surface area contributed by atoms with Gasteiger partial charge in [0.05, 0.1) is 12.8 Å². The Labute approximate surface area is 195 Å². The van der Waals surface area contributed by atoms with Crippen LogP contribution in [0, 0.1) is 23.2 Å². The molecule has 6 nitrogen and oxygen atoms in total. The van der Waals surface area contributed by atoms with Gasteiger partial charge in [-0.05, 0) is 80.9 Å². The van der Waals surface area contributed by atoms with Crippen LogP contribution in [-0.4, -0.2) is 44.6 Å². The van der Waals surface area contributed by atoms with E-state index in [1.165, 1.54) is 19.3 Å². The highest BCUT2D eigenvalue weighted by Gasteiger charge is 2.54. The molecule has 7 heteroatoms. The summed E-state index contributed by atoms with van der Waals surface area (Å²) in [6.45, 7) is 1.98. The molecule has 0 aromatic heterocycles. The lowest BCUT2D eigenvalue weighted by Gasteiger charge is -2.55. The number of methoxy groups -OCH3 is 1. The third-order valence-corrected chi connectivity index (χ3v) is 8.43. The first-order chi connectivity index (χ1) is 15.4. The average Bonchev–Trinajstić information content (AvgIpc) is 3.21. The molecule has 2 amide bonds. The molecular formula is C25H34ClN3O3. The Morgan fingerprint density at radius 2 is 1.84 bits per heavy atom. The van der Waals surface area contributed by atoms with Gasteiger partial charge in [-0.3, -0.25) is 9.59 Å². The van der Waals surface area contributed by atoms with E-state index in [1.807, 2.05) is 18.2 Å². The van der Waals surface area contributed by atoms with Gasteiger partial charge in [0.2, 0.25) is 11.8 Å². The minimum atomic E-state index is -0.146. The molecule has 1 saturated heterocycles. The minimum absolute atomic E-state index is 0.000668. The topological polar surface area (TPSA) is 70.7 Å². The smallest absolute Gasteiger partial charge is 0.226 e. The lowest BCUT2D eigenvalue weighted by Crippen LogP contribution is -2.53. The van der Waals surface area contributed by atoms with Crippen LogP contribution in [0.5, 0.6) is 5.75 Å². The average molecular weight is 460 g/mol. The molecule has 2 N–H and O–H groups in total. The number of hydrogen-bond acceptors (Lipinski definition) is 4. The second kappa shape index (κ2) is 8.77. The first-order valence-corrected chi connectivity index (χ1v) is 12.5. The molecule has 32 heavy (non-hydrogen) atoms. The van der Waals surface area contributed by atoms with Crippen molar-refractivity contribution in [3.8, 4) is 5.75 Å². The number of halogens is 1. The van der Waals surface area contributed by atoms with E-state index in [-0.39, 0.29) is 23.3 Å². The number of carbonyl (C=O) groups excluding carboxylic acids is 2. The molecule has 1 aliphatic heterocycles. The molecule has 1 heterocycles. The first-order valence-electron chi connectivity index (χ1n) is 12.1. The SMILES string of the molecule is COc1ccc(Cl)cc1N1CCC(NC(=O)CCNC(=O)C23CC4CC(CC(C4)C2)C3)C1. The van der Waals surface area contributed by atoms with Gasteiger partial charge in [0.15, 0.2) is 0 Å². The summed E-state index contributed by atoms with van der Waals surface area (Å²) in [6.07, 6.45) is 8.36. The van der Waals surface area contributed by atoms with E-state index in [4.69, 9.17) is 16.3 Å². The van der Waals surface area contributed by atoms with E-state index in [0.717, 1.165) is 68.0 Å². The van der Waals surface area contributed by atoms with Gasteiger partial charge in [-0.25, -0.2) is 0 Å². The molecule has 1 aromatic carbocycles. The Bertz CT molecular complexity index is 854. The maximum Gasteiger partial charge on any atom is 0.226 e. The number of anilines is 1. The van der Waals surface area contributed by atoms with E-state index in [2.05, 4.69) is 15.5 Å². The zero-order chi connectivity index (χ0) is 22.3. The number of benzene rings is 1. The van der Waals surface area contributed by atoms with E-state index >= 15 is 0 Å². The molecule has 4 aliphatic carbocycles. The van der Waals surface area contributed by atoms with Gasteiger partial charge in [-0.1, -0.05) is 11.6 Å². The standard InChI is InChI=1S/C25H34ClN3O3/c1-32-22-3-2-19(26)11-21(22)29-7-5-20(15-29)28-23(30)4-6-27-24(31)25-12-16-8-17(13-25)10-18(9-16)14-25/h2-3,11,16-18,20H,4-10,12-15H2,1H3,(H,27,31)(H,28,30). The number of amides is 2. The van der Waals surface area contributed by atoms with Crippen LogP contribution in [0.25, 0.3) is 0 Å². The molecule has 6 rings (SSSR count). The van der Waals surface area contributed by atoms with Crippen molar-refractivity contribution in [2.24, 2.45) is 23.2 Å². The fourth-order valence-corrected chi connectivity index (χ4v) is 7.34. The lowest BCUT2D eigenvalue weighted by molar-refractivity contribution is -0.146. The van der Waals surface area contributed by atoms with Crippen LogP contribution in [0.4, 0.5) is 5.69 Å². The van der Waals surface area contributed by atoms with Crippen LogP contribution < -0.4 is 20.3 Å². The number of hydrogen-bond donors (Lipinski definition) is 2. The van der Waals surface area contributed by atoms with Crippen LogP contribution in [0.3, 0.4) is 0 Å². The van der Waals surface area contributed by atoms with Crippen LogP contribution in [-0.2, 0) is 9.59 Å². The van der Waals surface area contributed by atoms with Crippen molar-refractivity contribution in [2.45, 2.75) is 57.4 Å². The summed E-state index contributed by atoms with van der Waals surface area (Å²) in [4.78, 5) is 27.8. The summed E-state index contributed by atoms with van der Waals surface area (Å²) in [5.74, 6) is 3.23. The molecule has 1 atom stereocenters. The van der Waals surface area contributed by atoms with Crippen molar-refractivity contribution in [3.63, 3.8) is 0 Å². The highest BCUT2D eigenvalue weighted by molar-refractivity contribution is 6.30. The first kappa shape index (κ1) is 21.9. The lowest BCUT2D eigenvalue weighted by atomic mass is 9.49. The summed E-state index contributed by atoms with van der Waals surface area (Å²) >= 11 is 6.17. The highest BCUT2D eigenvalue weighted by Crippen LogP contribution is 2.60. The third-order valence-electron chi connectivity index (χ3n) is 8.19. The summed E-state index contributed by atoms with van der Waals surface area (Å²) < 4.78 is 5.46. The van der Waals surface area contributed by atoms with Crippen molar-refractivity contribution in [3.05, 3.63) is 23.2 Å². The van der Waals surface area contributed by atoms with Gasteiger partial charge in [-0.15, -0.1) is 0 Å². The van der Waals surface area contributed by atoms with Crippen LogP contribution in [0.15, 0.2) is 18.2 Å². The number of carbonyl (C=O) groups is 2. The molecule has 1 unspecified atom stereocenters. The quantitative estimate of drug-likeness (QED) is 0.651. The zero-order valence-corrected chi connectivity index (χ0v) is 19.6. The van der Waals surface area contributed by atoms with E-state index < -0.39 is 0 Å². The van der Waals surface area contributed by atoms with Crippen LogP contribution in [0.1, 0.15) is 51.4 Å². The van der Waals surface area contributed by atoms with Gasteiger partial charge in [0.25, 0.3) is 0 Å². The molecular weight excluding hydrogens is 426 g/mol. The number of nitrogens with one attached hydrogen (secondary N) is 2. The Hall–Kier alpha value is -1.95. The molecule has 4 bridgehead atoms. The second-order valence-electron chi connectivity index (χ2n) is 10.5. The minimum Gasteiger partial charge on any atom is -0.495 e. The summed E-state index contributed by atoms with van der Waals surface area (Å²) in [5, 5.41) is 6.91. The van der Waals surface area contributed by atoms with Crippen molar-refractivity contribution in [2.75, 3.05) is 31.6 Å². The molecule has 1 aromatic rings. The number of rotatable bonds is 7. The Kier molecular flexibility index (Phi) is 5.99. The largest absolute Gasteiger partial charge is 0.495 e. The molecule has 5 aliphatic rings. The van der Waals surface area contributed by atoms with Gasteiger partial charge in [-0.2, -0.15) is 0 Å². The normalized spacial score (nSPS) is 32.8. The van der Waals surface area contributed by atoms with Gasteiger partial charge in [0, 0.05) is 42.5 Å². The number of nitrogens with zero attached hydrogens (tertiary/aromatic N) is 1. The maximum absolute atomic E-state index is 13.0. The fourth-order valence-electron chi connectivity index (χ4n) is 7.17. The molecule has 0 radical (unpaired) electrons. The highest BCUT2D eigenvalue weighted by atomic mass is 35.5. The second-order valence-corrected chi connectivity index (χ2v) is 11.0. The van der Waals surface area contributed by atoms with Crippen molar-refractivity contribution in [1.29, 1.82) is 0 Å². The number of ether oxygens (including phenoxy) is 1. The molecule has 174 valence electrons. The van der Waals surface area contributed by atoms with E-state index in [0.29, 0.717) is 18.0 Å². The summed E-state index contributed by atoms with van der Waals surface area (Å²) in [7, 11) is 1.65. The summed E-state index contributed by atoms with van der Waals surface area (Å²) in [6, 6.07) is 5.68. The monoisotopic (exact) mass is 459 g/mol. The Morgan fingerprint density at radius 3 is 2.50 bits per heavy atom. The van der Waals surface area contributed by atoms with E-state index in [9.17, 15) is 9.59 Å². The maximum atomic E-state index is 13.0. The third kappa shape index (κ3) is 4.30. The van der Waals surface area contributed by atoms with E-state index in [1.54, 1.807) is 7.11 Å². The Balaban J connectivity index is 1.08. The van der Waals surface area contributed by atoms with Crippen molar-refractivity contribution < 1.29 is 14.3 Å². The van der Waals surface area contributed by atoms with Crippen molar-refractivity contribution >= 4 is 29.1 Å². The van der Waals surface area contributed by atoms with Gasteiger partial charge >= 0.3 is 0 Å². The molecule has 0 spiro atoms. The van der Waals surface area contributed by atoms with Gasteiger partial charge < -0.3 is 20.3 Å². The zero-order valence-electron chi connectivity index (χ0n) is 18.9. The van der Waals surface area contributed by atoms with Crippen LogP contribution >= 0.6 is 11.6 Å². The molecule has 4 saturated carbocycles. The predicted molar refractivity (Wildman–Crippen MR) is 125 cm³/mol. The van der Waals surface area contributed by atoms with Crippen LogP contribution in [0.2, 0.25) is 5.02 Å².